The molecule has 0 spiro atoms. The van der Waals surface area contributed by atoms with Gasteiger partial charge >= 0.3 is 0 Å². The van der Waals surface area contributed by atoms with E-state index in [1.165, 1.54) is 149 Å². The van der Waals surface area contributed by atoms with Crippen LogP contribution < -0.4 is 0 Å². The molecule has 17 aromatic carbocycles. The molecule has 29 rings (SSSR count). The van der Waals surface area contributed by atoms with E-state index in [1.54, 1.807) is 0 Å². The molecule has 0 saturated heterocycles. The zero-order valence-electron chi connectivity index (χ0n) is 73.9. The summed E-state index contributed by atoms with van der Waals surface area (Å²) in [6.07, 6.45) is 26.3. The molecule has 136 heavy (non-hydrogen) atoms. The minimum Gasteiger partial charge on any atom is -0.254 e. The Morgan fingerprint density at radius 3 is 1.25 bits per heavy atom. The normalized spacial score (nSPS) is 15.6. The highest BCUT2D eigenvalue weighted by Crippen LogP contribution is 2.62. The van der Waals surface area contributed by atoms with Gasteiger partial charge < -0.3 is 0 Å². The maximum atomic E-state index is 5.55. The molecule has 6 heteroatoms. The topological polar surface area (TPSA) is 77.3 Å². The van der Waals surface area contributed by atoms with Gasteiger partial charge in [-0.3, -0.25) is 19.9 Å². The van der Waals surface area contributed by atoms with Crippen LogP contribution in [0.4, 0.5) is 0 Å². The smallest absolute Gasteiger partial charge is 0.0970 e. The Balaban J connectivity index is 0.000000135. The molecule has 6 nitrogen and oxygen atoms in total. The predicted molar refractivity (Wildman–Crippen MR) is 562 cm³/mol. The SMILES string of the molecule is C1=CC2=C(c3cccc(-c4nc5ccccc5c5cc6c(cc45)-c4ccccc4C6(c4ccccc4)c4ccccc4)c3)C=CC3=CC=C4C(c5cc6cccnc6c6ncccc56)=CC=C1C4C32.c1ccc(C2(c3ccccc3)c3ccccc3-c3cc4c(-c5cccc(-c6ccc7ccc8cc(-c9cc%10cccnc%10c%10ncccc9%10)ccc8c7c6)c5)nc5ccccc5c4cc32)cc1. The van der Waals surface area contributed by atoms with Gasteiger partial charge in [0.05, 0.1) is 55.3 Å². The van der Waals surface area contributed by atoms with Crippen LogP contribution in [0.25, 0.3) is 187 Å². The third-order valence-corrected chi connectivity index (χ3v) is 30.0. The van der Waals surface area contributed by atoms with E-state index in [2.05, 4.69) is 430 Å². The number of rotatable bonds is 10. The van der Waals surface area contributed by atoms with E-state index in [9.17, 15) is 0 Å². The molecule has 0 aliphatic heterocycles. The fourth-order valence-electron chi connectivity index (χ4n) is 24.1. The fourth-order valence-corrected chi connectivity index (χ4v) is 24.1. The molecule has 0 fully saturated rings. The molecule has 23 aromatic rings. The minimum absolute atomic E-state index is 0.192. The van der Waals surface area contributed by atoms with E-state index in [1.807, 2.05) is 49.1 Å². The number of allylic oxidation sites excluding steroid dienone is 14. The van der Waals surface area contributed by atoms with Crippen molar-refractivity contribution in [1.29, 1.82) is 0 Å². The first-order chi connectivity index (χ1) is 67.4. The summed E-state index contributed by atoms with van der Waals surface area (Å²) in [5.74, 6) is 0.385. The molecular weight excluding hydrogens is 1650 g/mol. The molecule has 0 radical (unpaired) electrons. The minimum atomic E-state index is -0.495. The molecule has 6 aromatic heterocycles. The second-order valence-electron chi connectivity index (χ2n) is 36.8. The summed E-state index contributed by atoms with van der Waals surface area (Å²) >= 11 is 0. The molecule has 0 amide bonds. The summed E-state index contributed by atoms with van der Waals surface area (Å²) in [6.45, 7) is 0. The summed E-state index contributed by atoms with van der Waals surface area (Å²) in [6, 6.07) is 147. The second kappa shape index (κ2) is 30.5. The van der Waals surface area contributed by atoms with Gasteiger partial charge in [-0.1, -0.05) is 352 Å². The molecule has 630 valence electrons. The first-order valence-electron chi connectivity index (χ1n) is 47.0. The van der Waals surface area contributed by atoms with Crippen molar-refractivity contribution in [3.05, 3.63) is 552 Å². The van der Waals surface area contributed by atoms with E-state index < -0.39 is 10.8 Å². The van der Waals surface area contributed by atoms with Gasteiger partial charge in [-0.15, -0.1) is 0 Å². The van der Waals surface area contributed by atoms with Crippen molar-refractivity contribution in [2.45, 2.75) is 10.8 Å². The van der Waals surface area contributed by atoms with Crippen LogP contribution in [-0.2, 0) is 10.8 Å². The summed E-state index contributed by atoms with van der Waals surface area (Å²) in [7, 11) is 0. The van der Waals surface area contributed by atoms with Crippen molar-refractivity contribution in [2.75, 3.05) is 0 Å². The summed E-state index contributed by atoms with van der Waals surface area (Å²) in [5.41, 5.74) is 39.1. The van der Waals surface area contributed by atoms with Crippen molar-refractivity contribution in [3.8, 4) is 67.0 Å². The highest BCUT2D eigenvalue weighted by molar-refractivity contribution is 6.18. The van der Waals surface area contributed by atoms with Crippen LogP contribution in [0, 0.1) is 11.8 Å². The molecule has 6 heterocycles. The van der Waals surface area contributed by atoms with Crippen LogP contribution in [-0.4, -0.2) is 29.9 Å². The van der Waals surface area contributed by atoms with E-state index in [0.29, 0.717) is 0 Å². The van der Waals surface area contributed by atoms with E-state index >= 15 is 0 Å². The van der Waals surface area contributed by atoms with Gasteiger partial charge in [-0.2, -0.15) is 0 Å². The Morgan fingerprint density at radius 1 is 0.213 bits per heavy atom. The fraction of sp³-hybridized carbons (Fsp3) is 0.0308. The lowest BCUT2D eigenvalue weighted by Gasteiger charge is -2.42. The first-order valence-corrected chi connectivity index (χ1v) is 47.0. The monoisotopic (exact) mass is 1720 g/mol. The zero-order valence-corrected chi connectivity index (χ0v) is 73.9. The first kappa shape index (κ1) is 77.2. The maximum Gasteiger partial charge on any atom is 0.0970 e. The predicted octanol–water partition coefficient (Wildman–Crippen LogP) is 31.7. The van der Waals surface area contributed by atoms with Crippen LogP contribution in [0.3, 0.4) is 0 Å². The number of pyridine rings is 6. The van der Waals surface area contributed by atoms with Gasteiger partial charge in [0, 0.05) is 90.8 Å². The number of nitrogens with zero attached hydrogens (tertiary/aromatic N) is 6. The number of hydrogen-bond acceptors (Lipinski definition) is 6. The largest absolute Gasteiger partial charge is 0.254 e. The molecule has 0 bridgehead atoms. The summed E-state index contributed by atoms with van der Waals surface area (Å²) in [5, 5.41) is 16.3. The van der Waals surface area contributed by atoms with Gasteiger partial charge in [0.25, 0.3) is 0 Å². The van der Waals surface area contributed by atoms with Crippen molar-refractivity contribution >= 4 is 120 Å². The highest BCUT2D eigenvalue weighted by atomic mass is 14.8. The van der Waals surface area contributed by atoms with Gasteiger partial charge in [-0.05, 0) is 263 Å². The zero-order chi connectivity index (χ0) is 89.3. The average molecular weight is 1730 g/mol. The van der Waals surface area contributed by atoms with E-state index in [-0.39, 0.29) is 11.8 Å². The quantitative estimate of drug-likeness (QED) is 0.127. The van der Waals surface area contributed by atoms with Gasteiger partial charge in [-0.25, -0.2) is 9.97 Å². The lowest BCUT2D eigenvalue weighted by Crippen LogP contribution is -2.30. The molecule has 6 aliphatic carbocycles. The standard InChI is InChI=1S/C66H41N3.C64H39N3/c1-3-17-45(18-4-1)66(46-19-5-2-6-20-46)58-24-9-7-21-49(58)56-38-57-55(39-59(56)66)50-22-8-10-25-60(50)69-63(57)43-15-11-14-42(36-43)47-30-26-40-29-33-52-48(31-27-41-28-32-51(47)61(40)62(41)52)54-37-44-16-12-34-67-64(44)65-53(54)23-13-35-68-65;1-3-17-47(18-4-1)64(48-19-5-2-6-20-48)58-24-9-7-21-50(58)56-38-57-55(39-59(56)64)51-22-8-10-25-60(51)67-61(57)45-15-11-14-41(34-45)42-28-26-40-27-29-43-35-44(30-31-49(43)53(40)36-42)54-37-46-16-12-32-65-62(46)63-52(54)23-13-33-66-63/h1-39,61-62H;1-39H. The van der Waals surface area contributed by atoms with Gasteiger partial charge in [0.1, 0.15) is 0 Å². The number of para-hydroxylation sites is 2. The Bertz CT molecular complexity index is 9280. The van der Waals surface area contributed by atoms with Crippen LogP contribution in [0.15, 0.2) is 496 Å². The van der Waals surface area contributed by atoms with Crippen LogP contribution >= 0.6 is 0 Å². The number of aromatic nitrogens is 6. The molecule has 2 unspecified atom stereocenters. The maximum absolute atomic E-state index is 5.55. The molecule has 0 saturated carbocycles. The Morgan fingerprint density at radius 2 is 0.662 bits per heavy atom. The lowest BCUT2D eigenvalue weighted by atomic mass is 9.61. The van der Waals surface area contributed by atoms with Crippen LogP contribution in [0.1, 0.15) is 55.6 Å². The Hall–Kier alpha value is -17.6. The number of fused-ring (bicyclic) bond motifs is 21. The third-order valence-electron chi connectivity index (χ3n) is 30.0. The van der Waals surface area contributed by atoms with Gasteiger partial charge in [0.2, 0.25) is 0 Å². The molecule has 6 aliphatic rings. The summed E-state index contributed by atoms with van der Waals surface area (Å²) in [4.78, 5) is 30.1. The Labute approximate surface area is 785 Å². The average Bonchev–Trinajstić information content (AvgIpc) is 1.53. The van der Waals surface area contributed by atoms with Crippen molar-refractivity contribution in [2.24, 2.45) is 11.8 Å². The van der Waals surface area contributed by atoms with Crippen LogP contribution in [0.5, 0.6) is 0 Å². The van der Waals surface area contributed by atoms with Crippen molar-refractivity contribution < 1.29 is 0 Å². The van der Waals surface area contributed by atoms with E-state index in [4.69, 9.17) is 24.9 Å². The number of benzene rings is 17. The Kier molecular flexibility index (Phi) is 17.3. The third kappa shape index (κ3) is 11.6. The highest BCUT2D eigenvalue weighted by Gasteiger charge is 2.49. The lowest BCUT2D eigenvalue weighted by molar-refractivity contribution is 0.569. The number of hydrogen-bond donors (Lipinski definition) is 0. The van der Waals surface area contributed by atoms with E-state index in [0.717, 1.165) is 115 Å². The van der Waals surface area contributed by atoms with Crippen LogP contribution in [0.2, 0.25) is 0 Å². The molecule has 2 atom stereocenters. The van der Waals surface area contributed by atoms with Crippen molar-refractivity contribution in [3.63, 3.8) is 0 Å². The van der Waals surface area contributed by atoms with Crippen molar-refractivity contribution in [1.82, 2.24) is 29.9 Å². The second-order valence-corrected chi connectivity index (χ2v) is 36.8. The van der Waals surface area contributed by atoms with Gasteiger partial charge in [0.15, 0.2) is 0 Å². The summed E-state index contributed by atoms with van der Waals surface area (Å²) < 4.78 is 0. The molecular formula is C130H80N6. The molecule has 0 N–H and O–H groups in total.